The molecule has 146 valence electrons. The molecule has 0 bridgehead atoms. The van der Waals surface area contributed by atoms with Gasteiger partial charge in [0.1, 0.15) is 0 Å². The van der Waals surface area contributed by atoms with Gasteiger partial charge in [0.25, 0.3) is 0 Å². The summed E-state index contributed by atoms with van der Waals surface area (Å²) in [5.74, 6) is -4.29. The minimum absolute atomic E-state index is 0.0551. The molecule has 0 aliphatic heterocycles. The standard InChI is InChI=1S/C17H20N2O8/c20-13(3-1-5-15(22)23)18-11-7-10(17(26)27)8-12(9-11)19-14(21)4-2-6-16(24)25/h7-9H,1-6H2,(H,18,20)(H,19,21)(H,22,23)(H,24,25)(H,26,27). The topological polar surface area (TPSA) is 170 Å². The van der Waals surface area contributed by atoms with Crippen molar-refractivity contribution >= 4 is 41.1 Å². The number of carbonyl (C=O) groups is 5. The van der Waals surface area contributed by atoms with Crippen LogP contribution in [0.3, 0.4) is 0 Å². The molecule has 0 fully saturated rings. The first kappa shape index (κ1) is 21.6. The van der Waals surface area contributed by atoms with Gasteiger partial charge < -0.3 is 26.0 Å². The Balaban J connectivity index is 2.77. The molecule has 1 aromatic rings. The number of nitrogens with one attached hydrogen (secondary N) is 2. The molecule has 1 rings (SSSR count). The number of rotatable bonds is 11. The van der Waals surface area contributed by atoms with Gasteiger partial charge in [-0.3, -0.25) is 19.2 Å². The van der Waals surface area contributed by atoms with Crippen molar-refractivity contribution in [3.05, 3.63) is 23.8 Å². The van der Waals surface area contributed by atoms with Gasteiger partial charge in [0.05, 0.1) is 5.56 Å². The van der Waals surface area contributed by atoms with E-state index in [0.717, 1.165) is 0 Å². The van der Waals surface area contributed by atoms with E-state index in [4.69, 9.17) is 15.3 Å². The number of carboxylic acid groups (broad SMARTS) is 3. The van der Waals surface area contributed by atoms with E-state index in [9.17, 15) is 24.0 Å². The van der Waals surface area contributed by atoms with E-state index in [0.29, 0.717) is 0 Å². The maximum absolute atomic E-state index is 11.8. The highest BCUT2D eigenvalue weighted by molar-refractivity contribution is 5.98. The zero-order valence-electron chi connectivity index (χ0n) is 14.4. The largest absolute Gasteiger partial charge is 0.481 e. The third-order valence-corrected chi connectivity index (χ3v) is 3.34. The highest BCUT2D eigenvalue weighted by Gasteiger charge is 2.12. The van der Waals surface area contributed by atoms with Crippen LogP contribution in [-0.4, -0.2) is 45.0 Å². The molecule has 0 saturated carbocycles. The fourth-order valence-electron chi connectivity index (χ4n) is 2.14. The molecule has 0 spiro atoms. The summed E-state index contributed by atoms with van der Waals surface area (Å²) in [6.45, 7) is 0. The number of hydrogen-bond donors (Lipinski definition) is 5. The zero-order chi connectivity index (χ0) is 20.4. The molecule has 0 atom stereocenters. The van der Waals surface area contributed by atoms with E-state index in [2.05, 4.69) is 10.6 Å². The van der Waals surface area contributed by atoms with Crippen molar-refractivity contribution in [2.75, 3.05) is 10.6 Å². The predicted octanol–water partition coefficient (Wildman–Crippen LogP) is 1.77. The number of aliphatic carboxylic acids is 2. The first-order valence-corrected chi connectivity index (χ1v) is 8.09. The Morgan fingerprint density at radius 1 is 0.667 bits per heavy atom. The summed E-state index contributed by atoms with van der Waals surface area (Å²) in [6, 6.07) is 3.77. The monoisotopic (exact) mass is 380 g/mol. The molecule has 27 heavy (non-hydrogen) atoms. The first-order valence-electron chi connectivity index (χ1n) is 8.09. The number of carboxylic acids is 3. The van der Waals surface area contributed by atoms with Crippen molar-refractivity contribution in [2.45, 2.75) is 38.5 Å². The van der Waals surface area contributed by atoms with Crippen LogP contribution in [0.2, 0.25) is 0 Å². The molecular formula is C17H20N2O8. The summed E-state index contributed by atoms with van der Waals surface area (Å²) in [5.41, 5.74) is 0.103. The molecule has 1 aromatic carbocycles. The lowest BCUT2D eigenvalue weighted by Crippen LogP contribution is -2.15. The quantitative estimate of drug-likeness (QED) is 0.386. The van der Waals surface area contributed by atoms with Crippen molar-refractivity contribution in [3.63, 3.8) is 0 Å². The van der Waals surface area contributed by atoms with Gasteiger partial charge in [-0.1, -0.05) is 0 Å². The second-order valence-electron chi connectivity index (χ2n) is 5.70. The van der Waals surface area contributed by atoms with E-state index in [1.165, 1.54) is 18.2 Å². The smallest absolute Gasteiger partial charge is 0.335 e. The lowest BCUT2D eigenvalue weighted by molar-refractivity contribution is -0.138. The second-order valence-corrected chi connectivity index (χ2v) is 5.70. The van der Waals surface area contributed by atoms with E-state index >= 15 is 0 Å². The molecule has 0 aromatic heterocycles. The van der Waals surface area contributed by atoms with Crippen LogP contribution < -0.4 is 10.6 Å². The van der Waals surface area contributed by atoms with Crippen LogP contribution >= 0.6 is 0 Å². The number of carbonyl (C=O) groups excluding carboxylic acids is 2. The Morgan fingerprint density at radius 2 is 1.07 bits per heavy atom. The first-order chi connectivity index (χ1) is 12.7. The Labute approximate surface area is 154 Å². The summed E-state index contributed by atoms with van der Waals surface area (Å²) in [7, 11) is 0. The molecule has 2 amide bonds. The van der Waals surface area contributed by atoms with E-state index in [1.54, 1.807) is 0 Å². The molecule has 10 heteroatoms. The second kappa shape index (κ2) is 10.5. The average molecular weight is 380 g/mol. The minimum atomic E-state index is -1.27. The summed E-state index contributed by atoms with van der Waals surface area (Å²) in [6.07, 6.45) is -0.179. The van der Waals surface area contributed by atoms with Gasteiger partial charge in [0.15, 0.2) is 0 Å². The molecule has 0 radical (unpaired) electrons. The maximum Gasteiger partial charge on any atom is 0.335 e. The lowest BCUT2D eigenvalue weighted by Gasteiger charge is -2.10. The fourth-order valence-corrected chi connectivity index (χ4v) is 2.14. The molecule has 0 heterocycles. The Kier molecular flexibility index (Phi) is 8.43. The third-order valence-electron chi connectivity index (χ3n) is 3.34. The van der Waals surface area contributed by atoms with Gasteiger partial charge in [-0.2, -0.15) is 0 Å². The van der Waals surface area contributed by atoms with Crippen LogP contribution in [0.1, 0.15) is 48.9 Å². The van der Waals surface area contributed by atoms with Crippen molar-refractivity contribution in [2.24, 2.45) is 0 Å². The Morgan fingerprint density at radius 3 is 1.41 bits per heavy atom. The van der Waals surface area contributed by atoms with Gasteiger partial charge in [-0.25, -0.2) is 4.79 Å². The van der Waals surface area contributed by atoms with Crippen LogP contribution in [0.15, 0.2) is 18.2 Å². The SMILES string of the molecule is O=C(O)CCCC(=O)Nc1cc(NC(=O)CCCC(=O)O)cc(C(=O)O)c1. The average Bonchev–Trinajstić information content (AvgIpc) is 2.53. The highest BCUT2D eigenvalue weighted by Crippen LogP contribution is 2.20. The van der Waals surface area contributed by atoms with Crippen molar-refractivity contribution in [1.82, 2.24) is 0 Å². The number of hydrogen-bond acceptors (Lipinski definition) is 5. The molecular weight excluding hydrogens is 360 g/mol. The van der Waals surface area contributed by atoms with Gasteiger partial charge in [0, 0.05) is 37.1 Å². The summed E-state index contributed by atoms with van der Waals surface area (Å²) >= 11 is 0. The molecule has 0 unspecified atom stereocenters. The highest BCUT2D eigenvalue weighted by atomic mass is 16.4. The number of aromatic carboxylic acids is 1. The van der Waals surface area contributed by atoms with E-state index in [-0.39, 0.29) is 55.5 Å². The van der Waals surface area contributed by atoms with Crippen LogP contribution in [0.5, 0.6) is 0 Å². The van der Waals surface area contributed by atoms with Gasteiger partial charge in [-0.05, 0) is 31.0 Å². The third kappa shape index (κ3) is 9.00. The van der Waals surface area contributed by atoms with Crippen LogP contribution in [0, 0.1) is 0 Å². The maximum atomic E-state index is 11.8. The molecule has 0 aliphatic carbocycles. The van der Waals surface area contributed by atoms with Crippen LogP contribution in [0.25, 0.3) is 0 Å². The van der Waals surface area contributed by atoms with Crippen molar-refractivity contribution in [3.8, 4) is 0 Å². The summed E-state index contributed by atoms with van der Waals surface area (Å²) in [5, 5.41) is 31.2. The van der Waals surface area contributed by atoms with Gasteiger partial charge >= 0.3 is 17.9 Å². The van der Waals surface area contributed by atoms with Crippen molar-refractivity contribution in [1.29, 1.82) is 0 Å². The molecule has 10 nitrogen and oxygen atoms in total. The molecule has 5 N–H and O–H groups in total. The Bertz CT molecular complexity index is 692. The summed E-state index contributed by atoms with van der Waals surface area (Å²) in [4.78, 5) is 55.8. The summed E-state index contributed by atoms with van der Waals surface area (Å²) < 4.78 is 0. The number of benzene rings is 1. The van der Waals surface area contributed by atoms with Gasteiger partial charge in [-0.15, -0.1) is 0 Å². The zero-order valence-corrected chi connectivity index (χ0v) is 14.4. The van der Waals surface area contributed by atoms with Crippen LogP contribution in [-0.2, 0) is 19.2 Å². The fraction of sp³-hybridized carbons (Fsp3) is 0.353. The molecule has 0 saturated heterocycles. The number of amides is 2. The van der Waals surface area contributed by atoms with Gasteiger partial charge in [0.2, 0.25) is 11.8 Å². The normalized spacial score (nSPS) is 10.1. The molecule has 0 aliphatic rings. The lowest BCUT2D eigenvalue weighted by atomic mass is 10.1. The minimum Gasteiger partial charge on any atom is -0.481 e. The predicted molar refractivity (Wildman–Crippen MR) is 93.6 cm³/mol. The van der Waals surface area contributed by atoms with Crippen LogP contribution in [0.4, 0.5) is 11.4 Å². The number of anilines is 2. The Hall–Kier alpha value is -3.43. The van der Waals surface area contributed by atoms with E-state index < -0.39 is 29.7 Å². The van der Waals surface area contributed by atoms with E-state index in [1.807, 2.05) is 0 Å². The van der Waals surface area contributed by atoms with Crippen molar-refractivity contribution < 1.29 is 39.3 Å².